The van der Waals surface area contributed by atoms with Crippen molar-refractivity contribution in [2.45, 2.75) is 44.3 Å². The lowest BCUT2D eigenvalue weighted by atomic mass is 9.93. The van der Waals surface area contributed by atoms with Crippen LogP contribution in [0.3, 0.4) is 0 Å². The van der Waals surface area contributed by atoms with Crippen LogP contribution in [0, 0.1) is 5.82 Å². The molecular weight excluding hydrogens is 489 g/mol. The number of methoxy groups -OCH3 is 1. The van der Waals surface area contributed by atoms with Crippen LogP contribution in [0.5, 0.6) is 5.88 Å². The van der Waals surface area contributed by atoms with E-state index in [1.807, 2.05) is 0 Å². The molecule has 13 heteroatoms. The summed E-state index contributed by atoms with van der Waals surface area (Å²) in [5, 5.41) is 15.6. The molecule has 6 rings (SSSR count). The Morgan fingerprint density at radius 2 is 2.03 bits per heavy atom. The summed E-state index contributed by atoms with van der Waals surface area (Å²) in [7, 11) is 1.46. The Balaban J connectivity index is 1.29. The van der Waals surface area contributed by atoms with Crippen molar-refractivity contribution >= 4 is 22.5 Å². The summed E-state index contributed by atoms with van der Waals surface area (Å²) in [5.74, 6) is 0.00530. The van der Waals surface area contributed by atoms with E-state index in [-0.39, 0.29) is 23.0 Å². The minimum absolute atomic E-state index is 0.124. The zero-order valence-corrected chi connectivity index (χ0v) is 20.5. The minimum atomic E-state index is -2.59. The molecule has 3 aromatic heterocycles. The van der Waals surface area contributed by atoms with Gasteiger partial charge < -0.3 is 14.8 Å². The quantitative estimate of drug-likeness (QED) is 0.400. The van der Waals surface area contributed by atoms with Gasteiger partial charge in [0, 0.05) is 19.1 Å². The van der Waals surface area contributed by atoms with E-state index in [0.717, 1.165) is 43.8 Å². The number of piperidine rings is 1. The second-order valence-corrected chi connectivity index (χ2v) is 9.85. The van der Waals surface area contributed by atoms with Crippen molar-refractivity contribution in [1.82, 2.24) is 34.5 Å². The van der Waals surface area contributed by atoms with Crippen molar-refractivity contribution in [1.29, 1.82) is 0 Å². The van der Waals surface area contributed by atoms with Crippen LogP contribution >= 0.6 is 0 Å². The second kappa shape index (κ2) is 9.14. The largest absolute Gasteiger partial charge is 0.479 e. The van der Waals surface area contributed by atoms with Crippen molar-refractivity contribution < 1.29 is 22.6 Å². The van der Waals surface area contributed by atoms with Gasteiger partial charge in [0.2, 0.25) is 11.8 Å². The maximum Gasteiger partial charge on any atom is 0.258 e. The van der Waals surface area contributed by atoms with E-state index in [9.17, 15) is 8.78 Å². The molecule has 2 saturated heterocycles. The highest BCUT2D eigenvalue weighted by molar-refractivity contribution is 5.89. The lowest BCUT2D eigenvalue weighted by molar-refractivity contribution is -0.135. The fraction of sp³-hybridized carbons (Fsp3) is 0.500. The van der Waals surface area contributed by atoms with Gasteiger partial charge in [-0.15, -0.1) is 10.2 Å². The number of hydrogen-bond acceptors (Lipinski definition) is 8. The summed E-state index contributed by atoms with van der Waals surface area (Å²) in [6, 6.07) is 5.04. The highest BCUT2D eigenvalue weighted by Gasteiger charge is 2.40. The van der Waals surface area contributed by atoms with Crippen molar-refractivity contribution in [3.63, 3.8) is 0 Å². The van der Waals surface area contributed by atoms with Gasteiger partial charge in [-0.3, -0.25) is 4.90 Å². The van der Waals surface area contributed by atoms with E-state index in [4.69, 9.17) is 9.47 Å². The summed E-state index contributed by atoms with van der Waals surface area (Å²) in [6.45, 7) is 5.04. The van der Waals surface area contributed by atoms with Crippen LogP contribution in [0.1, 0.15) is 19.8 Å². The van der Waals surface area contributed by atoms with E-state index in [1.165, 1.54) is 17.8 Å². The predicted octanol–water partition coefficient (Wildman–Crippen LogP) is 3.22. The molecule has 0 radical (unpaired) electrons. The van der Waals surface area contributed by atoms with Crippen molar-refractivity contribution in [2.24, 2.45) is 0 Å². The molecule has 1 aromatic carbocycles. The first kappa shape index (κ1) is 23.9. The van der Waals surface area contributed by atoms with Crippen molar-refractivity contribution in [3.05, 3.63) is 30.2 Å². The lowest BCUT2D eigenvalue weighted by Crippen LogP contribution is -2.62. The number of nitrogens with zero attached hydrogens (tertiary/aromatic N) is 7. The third-order valence-electron chi connectivity index (χ3n) is 7.28. The number of fused-ring (bicyclic) bond motifs is 2. The first-order valence-electron chi connectivity index (χ1n) is 12.2. The van der Waals surface area contributed by atoms with Crippen LogP contribution in [-0.4, -0.2) is 85.9 Å². The molecule has 0 unspecified atom stereocenters. The summed E-state index contributed by atoms with van der Waals surface area (Å²) in [5.41, 5.74) is 1.94. The summed E-state index contributed by atoms with van der Waals surface area (Å²) >= 11 is 0. The molecule has 0 bridgehead atoms. The molecule has 2 aliphatic heterocycles. The Kier molecular flexibility index (Phi) is 5.91. The average molecular weight is 517 g/mol. The molecular formula is C24H27F3N8O2. The van der Waals surface area contributed by atoms with Gasteiger partial charge in [0.25, 0.3) is 6.43 Å². The molecule has 5 heterocycles. The van der Waals surface area contributed by atoms with Crippen LogP contribution in [0.4, 0.5) is 19.1 Å². The molecule has 4 aromatic rings. The van der Waals surface area contributed by atoms with Gasteiger partial charge in [-0.2, -0.15) is 4.98 Å². The number of aromatic nitrogens is 6. The smallest absolute Gasteiger partial charge is 0.258 e. The maximum absolute atomic E-state index is 15.3. The van der Waals surface area contributed by atoms with Gasteiger partial charge in [0.1, 0.15) is 17.6 Å². The van der Waals surface area contributed by atoms with Crippen LogP contribution in [-0.2, 0) is 11.3 Å². The number of nitrogens with one attached hydrogen (secondary N) is 1. The van der Waals surface area contributed by atoms with Gasteiger partial charge >= 0.3 is 0 Å². The molecule has 2 aliphatic rings. The number of ether oxygens (including phenoxy) is 2. The number of benzene rings is 1. The maximum atomic E-state index is 15.3. The number of rotatable bonds is 7. The molecule has 0 atom stereocenters. The lowest BCUT2D eigenvalue weighted by Gasteiger charge is -2.49. The Bertz CT molecular complexity index is 1440. The summed E-state index contributed by atoms with van der Waals surface area (Å²) < 4.78 is 54.7. The zero-order chi connectivity index (χ0) is 25.7. The van der Waals surface area contributed by atoms with E-state index in [2.05, 4.69) is 37.5 Å². The van der Waals surface area contributed by atoms with Crippen LogP contribution in [0.15, 0.2) is 24.4 Å². The molecule has 2 fully saturated rings. The highest BCUT2D eigenvalue weighted by atomic mass is 19.3. The third kappa shape index (κ3) is 4.25. The van der Waals surface area contributed by atoms with E-state index in [1.54, 1.807) is 18.2 Å². The Hall–Kier alpha value is -3.45. The topological polar surface area (TPSA) is 94.6 Å². The summed E-state index contributed by atoms with van der Waals surface area (Å²) in [6.07, 6.45) is 0.511. The predicted molar refractivity (Wildman–Crippen MR) is 129 cm³/mol. The number of halogens is 3. The average Bonchev–Trinajstić information content (AvgIpc) is 3.41. The molecule has 37 heavy (non-hydrogen) atoms. The van der Waals surface area contributed by atoms with Gasteiger partial charge in [0.05, 0.1) is 43.1 Å². The summed E-state index contributed by atoms with van der Waals surface area (Å²) in [4.78, 5) is 6.99. The first-order chi connectivity index (χ1) is 17.8. The SMILES string of the molecule is COc1nc(NC2CCN(C3(C)COC3)CC2)nn2cc(F)c(-c3ccc4nnn(CC(F)F)c4c3)c12. The van der Waals surface area contributed by atoms with Gasteiger partial charge in [-0.25, -0.2) is 22.4 Å². The Morgan fingerprint density at radius 3 is 2.70 bits per heavy atom. The second-order valence-electron chi connectivity index (χ2n) is 9.85. The number of anilines is 1. The molecule has 196 valence electrons. The van der Waals surface area contributed by atoms with Crippen molar-refractivity contribution in [2.75, 3.05) is 38.7 Å². The zero-order valence-electron chi connectivity index (χ0n) is 20.5. The van der Waals surface area contributed by atoms with E-state index in [0.29, 0.717) is 28.1 Å². The fourth-order valence-electron chi connectivity index (χ4n) is 5.21. The standard InChI is InChI=1S/C24H27F3N8O2/c1-24(12-37-13-24)33-7-5-15(6-8-33)28-23-29-22(36-2)21-20(16(25)10-35(21)31-23)14-3-4-17-18(9-14)34(32-30-17)11-19(26)27/h3-4,9-10,15,19H,5-8,11-13H2,1-2H3,(H,28,31). The highest BCUT2D eigenvalue weighted by Crippen LogP contribution is 2.36. The van der Waals surface area contributed by atoms with Crippen LogP contribution in [0.25, 0.3) is 27.7 Å². The molecule has 10 nitrogen and oxygen atoms in total. The van der Waals surface area contributed by atoms with Crippen LogP contribution in [0.2, 0.25) is 0 Å². The van der Waals surface area contributed by atoms with Crippen molar-refractivity contribution in [3.8, 4) is 17.0 Å². The Morgan fingerprint density at radius 1 is 1.24 bits per heavy atom. The minimum Gasteiger partial charge on any atom is -0.479 e. The van der Waals surface area contributed by atoms with Gasteiger partial charge in [0.15, 0.2) is 5.82 Å². The Labute approximate surface area is 210 Å². The van der Waals surface area contributed by atoms with E-state index < -0.39 is 18.8 Å². The molecule has 0 aliphatic carbocycles. The number of hydrogen-bond donors (Lipinski definition) is 1. The monoisotopic (exact) mass is 516 g/mol. The normalized spacial score (nSPS) is 18.5. The molecule has 0 amide bonds. The fourth-order valence-corrected chi connectivity index (χ4v) is 5.21. The first-order valence-corrected chi connectivity index (χ1v) is 12.2. The number of alkyl halides is 2. The number of likely N-dealkylation sites (tertiary alicyclic amines) is 1. The van der Waals surface area contributed by atoms with Gasteiger partial charge in [-0.1, -0.05) is 11.3 Å². The molecule has 1 N–H and O–H groups in total. The third-order valence-corrected chi connectivity index (χ3v) is 7.28. The molecule has 0 spiro atoms. The van der Waals surface area contributed by atoms with Crippen LogP contribution < -0.4 is 10.1 Å². The van der Waals surface area contributed by atoms with Gasteiger partial charge in [-0.05, 0) is 37.5 Å². The van der Waals surface area contributed by atoms with E-state index >= 15 is 4.39 Å². The molecule has 0 saturated carbocycles.